The molecule has 0 unspecified atom stereocenters. The van der Waals surface area contributed by atoms with Crippen LogP contribution in [0, 0.1) is 0 Å². The maximum Gasteiger partial charge on any atom is 0.326 e. The van der Waals surface area contributed by atoms with E-state index in [0.29, 0.717) is 11.5 Å². The number of hydrogen-bond acceptors (Lipinski definition) is 4. The average molecular weight is 263 g/mol. The first-order valence-corrected chi connectivity index (χ1v) is 5.67. The predicted octanol–water partition coefficient (Wildman–Crippen LogP) is 0.357. The topological polar surface area (TPSA) is 108 Å². The standard InChI is InChI=1S/C12H13N3O4/c16-11(5-9-2-1-3-19-9)15-10(12(17)18)4-8-6-13-7-14-8/h1-3,6-7,10H,4-5H2,(H,13,14)(H,15,16)(H,17,18)/t10-/m0/s1. The summed E-state index contributed by atoms with van der Waals surface area (Å²) in [5.74, 6) is -1.01. The first-order valence-electron chi connectivity index (χ1n) is 5.67. The summed E-state index contributed by atoms with van der Waals surface area (Å²) >= 11 is 0. The second-order valence-corrected chi connectivity index (χ2v) is 4.00. The monoisotopic (exact) mass is 263 g/mol. The third-order valence-electron chi connectivity index (χ3n) is 2.53. The van der Waals surface area contributed by atoms with Crippen molar-refractivity contribution in [1.82, 2.24) is 15.3 Å². The van der Waals surface area contributed by atoms with Crippen LogP contribution in [0.1, 0.15) is 11.5 Å². The van der Waals surface area contributed by atoms with Gasteiger partial charge in [0, 0.05) is 18.3 Å². The number of nitrogens with zero attached hydrogens (tertiary/aromatic N) is 1. The summed E-state index contributed by atoms with van der Waals surface area (Å²) in [5, 5.41) is 11.5. The highest BCUT2D eigenvalue weighted by molar-refractivity contribution is 5.84. The van der Waals surface area contributed by atoms with Crippen molar-refractivity contribution in [2.75, 3.05) is 0 Å². The Balaban J connectivity index is 1.93. The van der Waals surface area contributed by atoms with Gasteiger partial charge in [0.25, 0.3) is 0 Å². The number of amides is 1. The van der Waals surface area contributed by atoms with Crippen molar-refractivity contribution in [3.63, 3.8) is 0 Å². The zero-order chi connectivity index (χ0) is 13.7. The molecule has 0 spiro atoms. The van der Waals surface area contributed by atoms with Gasteiger partial charge in [0.2, 0.25) is 5.91 Å². The third-order valence-corrected chi connectivity index (χ3v) is 2.53. The van der Waals surface area contributed by atoms with E-state index in [1.807, 2.05) is 0 Å². The number of carboxylic acids is 1. The quantitative estimate of drug-likeness (QED) is 0.697. The second kappa shape index (κ2) is 5.85. The van der Waals surface area contributed by atoms with Gasteiger partial charge < -0.3 is 19.8 Å². The minimum Gasteiger partial charge on any atom is -0.480 e. The molecule has 1 atom stereocenters. The number of aliphatic carboxylic acids is 1. The molecule has 0 aliphatic rings. The predicted molar refractivity (Wildman–Crippen MR) is 64.3 cm³/mol. The molecule has 7 nitrogen and oxygen atoms in total. The van der Waals surface area contributed by atoms with Gasteiger partial charge in [-0.25, -0.2) is 9.78 Å². The van der Waals surface area contributed by atoms with Crippen LogP contribution in [-0.2, 0) is 22.4 Å². The Hall–Kier alpha value is -2.57. The lowest BCUT2D eigenvalue weighted by Crippen LogP contribution is -2.43. The van der Waals surface area contributed by atoms with E-state index in [1.54, 1.807) is 12.1 Å². The molecule has 19 heavy (non-hydrogen) atoms. The summed E-state index contributed by atoms with van der Waals surface area (Å²) in [6, 6.07) is 2.33. The molecule has 0 aliphatic carbocycles. The SMILES string of the molecule is O=C(Cc1ccco1)N[C@@H](Cc1cnc[nH]1)C(=O)O. The number of aromatic amines is 1. The van der Waals surface area contributed by atoms with E-state index in [2.05, 4.69) is 15.3 Å². The fourth-order valence-corrected chi connectivity index (χ4v) is 1.63. The summed E-state index contributed by atoms with van der Waals surface area (Å²) in [5.41, 5.74) is 0.644. The van der Waals surface area contributed by atoms with Gasteiger partial charge in [0.1, 0.15) is 11.8 Å². The molecule has 0 aliphatic heterocycles. The van der Waals surface area contributed by atoms with Crippen molar-refractivity contribution in [3.8, 4) is 0 Å². The molecule has 2 aromatic heterocycles. The maximum atomic E-state index is 11.7. The first kappa shape index (κ1) is 12.9. The average Bonchev–Trinajstić information content (AvgIpc) is 3.00. The Kier molecular flexibility index (Phi) is 3.97. The number of carboxylic acid groups (broad SMARTS) is 1. The third kappa shape index (κ3) is 3.70. The van der Waals surface area contributed by atoms with Gasteiger partial charge in [0.05, 0.1) is 19.0 Å². The van der Waals surface area contributed by atoms with Crippen LogP contribution in [0.4, 0.5) is 0 Å². The molecule has 2 rings (SSSR count). The molecule has 0 saturated heterocycles. The van der Waals surface area contributed by atoms with E-state index < -0.39 is 17.9 Å². The highest BCUT2D eigenvalue weighted by atomic mass is 16.4. The minimum atomic E-state index is -1.10. The number of imidazole rings is 1. The van der Waals surface area contributed by atoms with Crippen LogP contribution in [0.15, 0.2) is 35.3 Å². The van der Waals surface area contributed by atoms with Crippen LogP contribution in [-0.4, -0.2) is 33.0 Å². The van der Waals surface area contributed by atoms with Crippen LogP contribution in [0.3, 0.4) is 0 Å². The lowest BCUT2D eigenvalue weighted by molar-refractivity contribution is -0.141. The largest absolute Gasteiger partial charge is 0.480 e. The van der Waals surface area contributed by atoms with Gasteiger partial charge in [-0.15, -0.1) is 0 Å². The molecule has 0 radical (unpaired) electrons. The molecule has 7 heteroatoms. The molecular formula is C12H13N3O4. The van der Waals surface area contributed by atoms with Crippen LogP contribution in [0.5, 0.6) is 0 Å². The number of nitrogens with one attached hydrogen (secondary N) is 2. The van der Waals surface area contributed by atoms with Gasteiger partial charge in [-0.2, -0.15) is 0 Å². The van der Waals surface area contributed by atoms with Crippen molar-refractivity contribution >= 4 is 11.9 Å². The molecule has 0 fully saturated rings. The van der Waals surface area contributed by atoms with Gasteiger partial charge in [-0.05, 0) is 12.1 Å². The van der Waals surface area contributed by atoms with Crippen molar-refractivity contribution in [3.05, 3.63) is 42.4 Å². The van der Waals surface area contributed by atoms with Gasteiger partial charge >= 0.3 is 5.97 Å². The van der Waals surface area contributed by atoms with E-state index in [4.69, 9.17) is 9.52 Å². The normalized spacial score (nSPS) is 12.0. The van der Waals surface area contributed by atoms with Crippen molar-refractivity contribution in [1.29, 1.82) is 0 Å². The molecule has 3 N–H and O–H groups in total. The van der Waals surface area contributed by atoms with E-state index in [-0.39, 0.29) is 12.8 Å². The molecule has 0 aromatic carbocycles. The minimum absolute atomic E-state index is 0.0136. The lowest BCUT2D eigenvalue weighted by Gasteiger charge is -2.13. The van der Waals surface area contributed by atoms with Gasteiger partial charge in [-0.1, -0.05) is 0 Å². The summed E-state index contributed by atoms with van der Waals surface area (Å²) in [6.45, 7) is 0. The summed E-state index contributed by atoms with van der Waals surface area (Å²) in [7, 11) is 0. The number of hydrogen-bond donors (Lipinski definition) is 3. The molecular weight excluding hydrogens is 250 g/mol. The summed E-state index contributed by atoms with van der Waals surface area (Å²) in [4.78, 5) is 29.4. The number of furan rings is 1. The van der Waals surface area contributed by atoms with Gasteiger partial charge in [-0.3, -0.25) is 4.79 Å². The Bertz CT molecular complexity index is 533. The smallest absolute Gasteiger partial charge is 0.326 e. The highest BCUT2D eigenvalue weighted by Gasteiger charge is 2.21. The number of carbonyl (C=O) groups is 2. The molecule has 1 amide bonds. The van der Waals surface area contributed by atoms with E-state index in [9.17, 15) is 9.59 Å². The van der Waals surface area contributed by atoms with Crippen molar-refractivity contribution in [2.24, 2.45) is 0 Å². The highest BCUT2D eigenvalue weighted by Crippen LogP contribution is 2.03. The van der Waals surface area contributed by atoms with Crippen LogP contribution >= 0.6 is 0 Å². The number of H-pyrrole nitrogens is 1. The van der Waals surface area contributed by atoms with Gasteiger partial charge in [0.15, 0.2) is 0 Å². The van der Waals surface area contributed by atoms with E-state index >= 15 is 0 Å². The maximum absolute atomic E-state index is 11.7. The molecule has 0 saturated carbocycles. The van der Waals surface area contributed by atoms with Crippen molar-refractivity contribution < 1.29 is 19.1 Å². The molecule has 2 aromatic rings. The number of aromatic nitrogens is 2. The van der Waals surface area contributed by atoms with E-state index in [1.165, 1.54) is 18.8 Å². The summed E-state index contributed by atoms with van der Waals surface area (Å²) in [6.07, 6.45) is 4.61. The van der Waals surface area contributed by atoms with Crippen LogP contribution < -0.4 is 5.32 Å². The number of rotatable bonds is 6. The Morgan fingerprint density at radius 1 is 1.53 bits per heavy atom. The zero-order valence-electron chi connectivity index (χ0n) is 10.00. The molecule has 2 heterocycles. The van der Waals surface area contributed by atoms with E-state index in [0.717, 1.165) is 0 Å². The molecule has 0 bridgehead atoms. The fraction of sp³-hybridized carbons (Fsp3) is 0.250. The van der Waals surface area contributed by atoms with Crippen molar-refractivity contribution in [2.45, 2.75) is 18.9 Å². The molecule has 100 valence electrons. The zero-order valence-corrected chi connectivity index (χ0v) is 10.00. The van der Waals surface area contributed by atoms with Crippen LogP contribution in [0.2, 0.25) is 0 Å². The second-order valence-electron chi connectivity index (χ2n) is 4.00. The Morgan fingerprint density at radius 2 is 2.37 bits per heavy atom. The Morgan fingerprint density at radius 3 is 2.95 bits per heavy atom. The Labute approximate surface area is 108 Å². The van der Waals surface area contributed by atoms with Crippen LogP contribution in [0.25, 0.3) is 0 Å². The fourth-order valence-electron chi connectivity index (χ4n) is 1.63. The first-order chi connectivity index (χ1) is 9.15. The lowest BCUT2D eigenvalue weighted by atomic mass is 10.1. The summed E-state index contributed by atoms with van der Waals surface area (Å²) < 4.78 is 5.03. The number of carbonyl (C=O) groups excluding carboxylic acids is 1.